The zero-order chi connectivity index (χ0) is 25.8. The van der Waals surface area contributed by atoms with E-state index in [4.69, 9.17) is 9.40 Å². The maximum atomic E-state index is 6.13. The molecular weight excluding hydrogens is 496 g/mol. The van der Waals surface area contributed by atoms with Crippen molar-refractivity contribution in [2.45, 2.75) is 0 Å². The van der Waals surface area contributed by atoms with Crippen LogP contribution < -0.4 is 4.90 Å². The Hall–Kier alpha value is -4.93. The number of thiophene rings is 1. The minimum Gasteiger partial charge on any atom is -0.436 e. The molecule has 0 fully saturated rings. The molecule has 0 spiro atoms. The van der Waals surface area contributed by atoms with E-state index < -0.39 is 0 Å². The Morgan fingerprint density at radius 2 is 1.26 bits per heavy atom. The fourth-order valence-corrected chi connectivity index (χ4v) is 6.51. The van der Waals surface area contributed by atoms with Gasteiger partial charge in [0.05, 0.1) is 0 Å². The molecular formula is C35H22N2OS. The highest BCUT2D eigenvalue weighted by atomic mass is 32.1. The van der Waals surface area contributed by atoms with Crippen LogP contribution in [0.1, 0.15) is 0 Å². The first-order valence-electron chi connectivity index (χ1n) is 13.0. The van der Waals surface area contributed by atoms with E-state index in [0.717, 1.165) is 44.5 Å². The number of aromatic nitrogens is 1. The van der Waals surface area contributed by atoms with Gasteiger partial charge in [0, 0.05) is 48.2 Å². The molecule has 2 aromatic heterocycles. The second kappa shape index (κ2) is 8.83. The largest absolute Gasteiger partial charge is 0.436 e. The fourth-order valence-electron chi connectivity index (χ4n) is 5.43. The monoisotopic (exact) mass is 518 g/mol. The highest BCUT2D eigenvalue weighted by Crippen LogP contribution is 2.41. The Kier molecular flexibility index (Phi) is 5.00. The zero-order valence-electron chi connectivity index (χ0n) is 20.9. The zero-order valence-corrected chi connectivity index (χ0v) is 21.7. The fraction of sp³-hybridized carbons (Fsp3) is 0. The van der Waals surface area contributed by atoms with E-state index in [1.54, 1.807) is 0 Å². The van der Waals surface area contributed by atoms with Gasteiger partial charge in [-0.2, -0.15) is 0 Å². The molecule has 184 valence electrons. The van der Waals surface area contributed by atoms with Gasteiger partial charge in [0.2, 0.25) is 5.89 Å². The van der Waals surface area contributed by atoms with Crippen molar-refractivity contribution >= 4 is 70.4 Å². The third-order valence-corrected chi connectivity index (χ3v) is 8.42. The van der Waals surface area contributed by atoms with Crippen molar-refractivity contribution in [3.63, 3.8) is 0 Å². The Morgan fingerprint density at radius 1 is 0.538 bits per heavy atom. The van der Waals surface area contributed by atoms with E-state index in [-0.39, 0.29) is 0 Å². The molecule has 39 heavy (non-hydrogen) atoms. The molecule has 8 aromatic rings. The lowest BCUT2D eigenvalue weighted by molar-refractivity contribution is 0.620. The number of benzene rings is 6. The molecule has 6 aromatic carbocycles. The third-order valence-electron chi connectivity index (χ3n) is 7.27. The van der Waals surface area contributed by atoms with Crippen LogP contribution in [0, 0.1) is 0 Å². The van der Waals surface area contributed by atoms with Crippen LogP contribution in [0.2, 0.25) is 0 Å². The van der Waals surface area contributed by atoms with Gasteiger partial charge in [-0.15, -0.1) is 11.3 Å². The average molecular weight is 519 g/mol. The summed E-state index contributed by atoms with van der Waals surface area (Å²) in [5.74, 6) is 0.643. The summed E-state index contributed by atoms with van der Waals surface area (Å²) in [5.41, 5.74) is 6.00. The van der Waals surface area contributed by atoms with Crippen molar-refractivity contribution in [2.24, 2.45) is 0 Å². The maximum absolute atomic E-state index is 6.13. The SMILES string of the molecule is c1ccc(-c2nc3c(ccc4cc(N(c5ccccc5)c5ccc6sc7ccccc7c6c5)ccc43)o2)cc1. The van der Waals surface area contributed by atoms with E-state index in [9.17, 15) is 0 Å². The van der Waals surface area contributed by atoms with Gasteiger partial charge in [-0.25, -0.2) is 4.98 Å². The molecule has 0 saturated carbocycles. The van der Waals surface area contributed by atoms with E-state index in [2.05, 4.69) is 102 Å². The van der Waals surface area contributed by atoms with E-state index in [1.807, 2.05) is 47.7 Å². The maximum Gasteiger partial charge on any atom is 0.227 e. The molecule has 0 unspecified atom stereocenters. The minimum atomic E-state index is 0.643. The van der Waals surface area contributed by atoms with Gasteiger partial charge in [-0.3, -0.25) is 0 Å². The van der Waals surface area contributed by atoms with E-state index in [0.29, 0.717) is 5.89 Å². The number of para-hydroxylation sites is 1. The summed E-state index contributed by atoms with van der Waals surface area (Å²) in [4.78, 5) is 7.21. The number of hydrogen-bond donors (Lipinski definition) is 0. The van der Waals surface area contributed by atoms with Crippen LogP contribution in [0.5, 0.6) is 0 Å². The normalized spacial score (nSPS) is 11.6. The molecule has 0 radical (unpaired) electrons. The molecule has 8 rings (SSSR count). The summed E-state index contributed by atoms with van der Waals surface area (Å²) in [6.07, 6.45) is 0. The molecule has 3 nitrogen and oxygen atoms in total. The summed E-state index contributed by atoms with van der Waals surface area (Å²) in [7, 11) is 0. The van der Waals surface area contributed by atoms with E-state index in [1.165, 1.54) is 20.2 Å². The molecule has 0 amide bonds. The molecule has 2 heterocycles. The number of anilines is 3. The van der Waals surface area contributed by atoms with Crippen LogP contribution in [0.3, 0.4) is 0 Å². The quantitative estimate of drug-likeness (QED) is 0.232. The van der Waals surface area contributed by atoms with Crippen molar-refractivity contribution in [1.82, 2.24) is 4.98 Å². The smallest absolute Gasteiger partial charge is 0.227 e. The lowest BCUT2D eigenvalue weighted by atomic mass is 10.1. The van der Waals surface area contributed by atoms with Crippen LogP contribution in [-0.4, -0.2) is 4.98 Å². The van der Waals surface area contributed by atoms with Crippen LogP contribution in [0.25, 0.3) is 53.5 Å². The number of oxazole rings is 1. The molecule has 0 aliphatic rings. The van der Waals surface area contributed by atoms with Gasteiger partial charge in [-0.1, -0.05) is 60.7 Å². The van der Waals surface area contributed by atoms with Crippen molar-refractivity contribution < 1.29 is 4.42 Å². The molecule has 0 aliphatic carbocycles. The van der Waals surface area contributed by atoms with E-state index >= 15 is 0 Å². The molecule has 0 N–H and O–H groups in total. The summed E-state index contributed by atoms with van der Waals surface area (Å²) in [6.45, 7) is 0. The standard InChI is InChI=1S/C35H22N2OS/c1-3-9-23(10-4-1)35-36-34-28-18-16-26(21-24(28)15-19-31(34)38-35)37(25-11-5-2-6-12-25)27-17-20-33-30(22-27)29-13-7-8-14-32(29)39-33/h1-22H. The first-order chi connectivity index (χ1) is 19.3. The predicted octanol–water partition coefficient (Wildman–Crippen LogP) is 10.5. The molecule has 0 aliphatic heterocycles. The lowest BCUT2D eigenvalue weighted by Crippen LogP contribution is -2.09. The van der Waals surface area contributed by atoms with Crippen LogP contribution >= 0.6 is 11.3 Å². The van der Waals surface area contributed by atoms with Gasteiger partial charge < -0.3 is 9.32 Å². The topological polar surface area (TPSA) is 29.3 Å². The first kappa shape index (κ1) is 22.1. The van der Waals surface area contributed by atoms with Crippen molar-refractivity contribution in [3.8, 4) is 11.5 Å². The van der Waals surface area contributed by atoms with Gasteiger partial charge >= 0.3 is 0 Å². The number of fused-ring (bicyclic) bond motifs is 6. The first-order valence-corrected chi connectivity index (χ1v) is 13.8. The van der Waals surface area contributed by atoms with Gasteiger partial charge in [0.15, 0.2) is 5.58 Å². The summed E-state index contributed by atoms with van der Waals surface area (Å²) in [6, 6.07) is 46.8. The summed E-state index contributed by atoms with van der Waals surface area (Å²) in [5, 5.41) is 4.78. The van der Waals surface area contributed by atoms with Crippen LogP contribution in [0.4, 0.5) is 17.1 Å². The molecule has 0 bridgehead atoms. The third kappa shape index (κ3) is 3.69. The number of hydrogen-bond acceptors (Lipinski definition) is 4. The molecule has 4 heteroatoms. The Balaban J connectivity index is 1.30. The Bertz CT molecular complexity index is 2130. The van der Waals surface area contributed by atoms with Crippen molar-refractivity contribution in [2.75, 3.05) is 4.90 Å². The highest BCUT2D eigenvalue weighted by Gasteiger charge is 2.17. The van der Waals surface area contributed by atoms with Crippen molar-refractivity contribution in [1.29, 1.82) is 0 Å². The van der Waals surface area contributed by atoms with Gasteiger partial charge in [-0.05, 0) is 78.2 Å². The highest BCUT2D eigenvalue weighted by molar-refractivity contribution is 7.25. The molecule has 0 atom stereocenters. The summed E-state index contributed by atoms with van der Waals surface area (Å²) < 4.78 is 8.74. The second-order valence-electron chi connectivity index (χ2n) is 9.65. The van der Waals surface area contributed by atoms with Gasteiger partial charge in [0.25, 0.3) is 0 Å². The van der Waals surface area contributed by atoms with Gasteiger partial charge in [0.1, 0.15) is 5.52 Å². The Labute approximate surface area is 229 Å². The summed E-state index contributed by atoms with van der Waals surface area (Å²) >= 11 is 1.84. The van der Waals surface area contributed by atoms with Crippen molar-refractivity contribution in [3.05, 3.63) is 133 Å². The van der Waals surface area contributed by atoms with Crippen LogP contribution in [-0.2, 0) is 0 Å². The number of rotatable bonds is 4. The molecule has 0 saturated heterocycles. The second-order valence-corrected chi connectivity index (χ2v) is 10.7. The number of nitrogens with zero attached hydrogens (tertiary/aromatic N) is 2. The Morgan fingerprint density at radius 3 is 2.13 bits per heavy atom. The minimum absolute atomic E-state index is 0.643. The average Bonchev–Trinajstić information content (AvgIpc) is 3.60. The predicted molar refractivity (Wildman–Crippen MR) is 165 cm³/mol. The lowest BCUT2D eigenvalue weighted by Gasteiger charge is -2.26. The van der Waals surface area contributed by atoms with Crippen LogP contribution in [0.15, 0.2) is 138 Å².